The van der Waals surface area contributed by atoms with Gasteiger partial charge in [0.15, 0.2) is 0 Å². The van der Waals surface area contributed by atoms with Crippen molar-refractivity contribution in [3.05, 3.63) is 22.4 Å². The topological polar surface area (TPSA) is 62.5 Å². The fourth-order valence-corrected chi connectivity index (χ4v) is 3.01. The van der Waals surface area contributed by atoms with Crippen LogP contribution in [0.1, 0.15) is 43.2 Å². The van der Waals surface area contributed by atoms with Gasteiger partial charge in [0.05, 0.1) is 5.92 Å². The van der Waals surface area contributed by atoms with Gasteiger partial charge in [0.2, 0.25) is 0 Å². The zero-order valence-corrected chi connectivity index (χ0v) is 13.3. The van der Waals surface area contributed by atoms with Crippen molar-refractivity contribution >= 4 is 27.8 Å². The first-order valence-corrected chi connectivity index (χ1v) is 7.59. The van der Waals surface area contributed by atoms with Crippen LogP contribution < -0.4 is 0 Å². The smallest absolute Gasteiger partial charge is 0.308 e. The largest absolute Gasteiger partial charge is 0.481 e. The third-order valence-corrected chi connectivity index (χ3v) is 4.08. The lowest BCUT2D eigenvalue weighted by atomic mass is 9.98. The van der Waals surface area contributed by atoms with E-state index in [1.54, 1.807) is 11.0 Å². The second-order valence-electron chi connectivity index (χ2n) is 5.47. The van der Waals surface area contributed by atoms with Crippen LogP contribution in [-0.2, 0) is 4.79 Å². The van der Waals surface area contributed by atoms with E-state index in [-0.39, 0.29) is 11.9 Å². The Morgan fingerprint density at radius 3 is 2.75 bits per heavy atom. The van der Waals surface area contributed by atoms with Gasteiger partial charge in [-0.2, -0.15) is 0 Å². The van der Waals surface area contributed by atoms with Crippen LogP contribution >= 0.6 is 15.9 Å². The number of piperidine rings is 1. The lowest BCUT2D eigenvalue weighted by molar-refractivity contribution is -0.143. The Kier molecular flexibility index (Phi) is 4.52. The Morgan fingerprint density at radius 1 is 1.45 bits per heavy atom. The minimum absolute atomic E-state index is 0.0876. The molecule has 0 aliphatic carbocycles. The summed E-state index contributed by atoms with van der Waals surface area (Å²) in [6, 6.07) is 1.98. The van der Waals surface area contributed by atoms with Crippen molar-refractivity contribution in [3.63, 3.8) is 0 Å². The summed E-state index contributed by atoms with van der Waals surface area (Å²) in [5, 5.41) is 9.10. The van der Waals surface area contributed by atoms with Crippen LogP contribution in [0.2, 0.25) is 0 Å². The highest BCUT2D eigenvalue weighted by Gasteiger charge is 2.30. The average molecular weight is 343 g/mol. The lowest BCUT2D eigenvalue weighted by Crippen LogP contribution is -2.43. The fourth-order valence-electron chi connectivity index (χ4n) is 2.57. The Hall–Kier alpha value is -1.30. The van der Waals surface area contributed by atoms with Crippen LogP contribution in [0.25, 0.3) is 0 Å². The molecule has 1 fully saturated rings. The Labute approximate surface area is 126 Å². The van der Waals surface area contributed by atoms with Gasteiger partial charge in [-0.05, 0) is 48.7 Å². The number of carboxylic acid groups (broad SMARTS) is 1. The van der Waals surface area contributed by atoms with Gasteiger partial charge in [0, 0.05) is 29.8 Å². The highest BCUT2D eigenvalue weighted by atomic mass is 79.9. The van der Waals surface area contributed by atoms with Crippen LogP contribution in [0, 0.1) is 5.92 Å². The molecular weight excluding hydrogens is 324 g/mol. The molecule has 1 aliphatic rings. The van der Waals surface area contributed by atoms with Crippen molar-refractivity contribution in [2.24, 2.45) is 5.92 Å². The van der Waals surface area contributed by atoms with Crippen LogP contribution in [0.3, 0.4) is 0 Å². The SMILES string of the molecule is CC(C)n1cc(Br)cc1C(=O)N1CCC[C@H](C(=O)O)C1. The second kappa shape index (κ2) is 5.99. The molecule has 20 heavy (non-hydrogen) atoms. The summed E-state index contributed by atoms with van der Waals surface area (Å²) in [6.07, 6.45) is 3.27. The molecular formula is C14H19BrN2O3. The van der Waals surface area contributed by atoms with E-state index in [2.05, 4.69) is 15.9 Å². The van der Waals surface area contributed by atoms with Crippen molar-refractivity contribution in [2.75, 3.05) is 13.1 Å². The number of carbonyl (C=O) groups is 2. The predicted molar refractivity (Wildman–Crippen MR) is 78.8 cm³/mol. The second-order valence-corrected chi connectivity index (χ2v) is 6.39. The Balaban J connectivity index is 2.21. The zero-order chi connectivity index (χ0) is 14.9. The molecule has 2 heterocycles. The van der Waals surface area contributed by atoms with E-state index in [9.17, 15) is 9.59 Å². The first kappa shape index (κ1) is 15.1. The molecule has 0 aromatic carbocycles. The van der Waals surface area contributed by atoms with E-state index < -0.39 is 11.9 Å². The van der Waals surface area contributed by atoms with E-state index in [0.29, 0.717) is 25.2 Å². The third kappa shape index (κ3) is 3.06. The zero-order valence-electron chi connectivity index (χ0n) is 11.7. The summed E-state index contributed by atoms with van der Waals surface area (Å²) in [4.78, 5) is 25.3. The number of aromatic nitrogens is 1. The maximum absolute atomic E-state index is 12.6. The summed E-state index contributed by atoms with van der Waals surface area (Å²) in [6.45, 7) is 4.96. The summed E-state index contributed by atoms with van der Waals surface area (Å²) in [5.41, 5.74) is 0.609. The monoisotopic (exact) mass is 342 g/mol. The van der Waals surface area contributed by atoms with E-state index in [0.717, 1.165) is 10.9 Å². The number of halogens is 1. The molecule has 1 atom stereocenters. The number of carboxylic acids is 1. The van der Waals surface area contributed by atoms with Gasteiger partial charge in [-0.25, -0.2) is 0 Å². The van der Waals surface area contributed by atoms with Gasteiger partial charge in [-0.3, -0.25) is 9.59 Å². The number of likely N-dealkylation sites (tertiary alicyclic amines) is 1. The first-order valence-electron chi connectivity index (χ1n) is 6.79. The standard InChI is InChI=1S/C14H19BrN2O3/c1-9(2)17-8-11(15)6-12(17)13(18)16-5-3-4-10(7-16)14(19)20/h6,8-10H,3-5,7H2,1-2H3,(H,19,20)/t10-/m0/s1. The van der Waals surface area contributed by atoms with Gasteiger partial charge >= 0.3 is 5.97 Å². The molecule has 5 nitrogen and oxygen atoms in total. The maximum Gasteiger partial charge on any atom is 0.308 e. The maximum atomic E-state index is 12.6. The summed E-state index contributed by atoms with van der Waals surface area (Å²) in [5.74, 6) is -1.35. The van der Waals surface area contributed by atoms with Gasteiger partial charge in [0.1, 0.15) is 5.69 Å². The Morgan fingerprint density at radius 2 is 2.15 bits per heavy atom. The van der Waals surface area contributed by atoms with E-state index in [4.69, 9.17) is 5.11 Å². The number of aliphatic carboxylic acids is 1. The van der Waals surface area contributed by atoms with Crippen molar-refractivity contribution in [3.8, 4) is 0 Å². The van der Waals surface area contributed by atoms with Crippen molar-refractivity contribution < 1.29 is 14.7 Å². The van der Waals surface area contributed by atoms with Crippen LogP contribution in [0.5, 0.6) is 0 Å². The quantitative estimate of drug-likeness (QED) is 0.918. The van der Waals surface area contributed by atoms with Gasteiger partial charge < -0.3 is 14.6 Å². The van der Waals surface area contributed by atoms with E-state index >= 15 is 0 Å². The number of hydrogen-bond donors (Lipinski definition) is 1. The van der Waals surface area contributed by atoms with Crippen molar-refractivity contribution in [1.29, 1.82) is 0 Å². The number of hydrogen-bond acceptors (Lipinski definition) is 2. The molecule has 1 amide bonds. The highest BCUT2D eigenvalue weighted by Crippen LogP contribution is 2.23. The van der Waals surface area contributed by atoms with E-state index in [1.165, 1.54) is 0 Å². The molecule has 0 spiro atoms. The minimum atomic E-state index is -0.817. The van der Waals surface area contributed by atoms with E-state index in [1.807, 2.05) is 24.6 Å². The van der Waals surface area contributed by atoms with Crippen LogP contribution in [-0.4, -0.2) is 39.5 Å². The molecule has 1 saturated heterocycles. The summed E-state index contributed by atoms with van der Waals surface area (Å²) >= 11 is 3.39. The van der Waals surface area contributed by atoms with Crippen molar-refractivity contribution in [1.82, 2.24) is 9.47 Å². The molecule has 0 unspecified atom stereocenters. The molecule has 110 valence electrons. The number of rotatable bonds is 3. The molecule has 0 saturated carbocycles. The number of amides is 1. The Bertz CT molecular complexity index is 524. The van der Waals surface area contributed by atoms with Gasteiger partial charge in [-0.15, -0.1) is 0 Å². The summed E-state index contributed by atoms with van der Waals surface area (Å²) in [7, 11) is 0. The molecule has 0 radical (unpaired) electrons. The normalized spacial score (nSPS) is 19.4. The summed E-state index contributed by atoms with van der Waals surface area (Å²) < 4.78 is 2.78. The number of nitrogens with zero attached hydrogens (tertiary/aromatic N) is 2. The average Bonchev–Trinajstić information content (AvgIpc) is 2.80. The molecule has 1 aromatic heterocycles. The van der Waals surface area contributed by atoms with Crippen molar-refractivity contribution in [2.45, 2.75) is 32.7 Å². The number of carbonyl (C=O) groups excluding carboxylic acids is 1. The third-order valence-electron chi connectivity index (χ3n) is 3.65. The van der Waals surface area contributed by atoms with Gasteiger partial charge in [-0.1, -0.05) is 0 Å². The fraction of sp³-hybridized carbons (Fsp3) is 0.571. The molecule has 2 rings (SSSR count). The van der Waals surface area contributed by atoms with Crippen LogP contribution in [0.4, 0.5) is 0 Å². The minimum Gasteiger partial charge on any atom is -0.481 e. The molecule has 0 bridgehead atoms. The molecule has 1 aliphatic heterocycles. The predicted octanol–water partition coefficient (Wildman–Crippen LogP) is 2.77. The first-order chi connectivity index (χ1) is 9.40. The molecule has 1 N–H and O–H groups in total. The lowest BCUT2D eigenvalue weighted by Gasteiger charge is -2.31. The van der Waals surface area contributed by atoms with Crippen LogP contribution in [0.15, 0.2) is 16.7 Å². The highest BCUT2D eigenvalue weighted by molar-refractivity contribution is 9.10. The molecule has 6 heteroatoms. The molecule has 1 aromatic rings. The van der Waals surface area contributed by atoms with Gasteiger partial charge in [0.25, 0.3) is 5.91 Å².